The first-order valence-electron chi connectivity index (χ1n) is 13.0. The zero-order valence-electron chi connectivity index (χ0n) is 21.8. The summed E-state index contributed by atoms with van der Waals surface area (Å²) in [6.07, 6.45) is 4.25. The summed E-state index contributed by atoms with van der Waals surface area (Å²) < 4.78 is 30.1. The van der Waals surface area contributed by atoms with E-state index in [1.807, 2.05) is 41.1 Å². The van der Waals surface area contributed by atoms with Crippen LogP contribution in [0.2, 0.25) is 0 Å². The number of nitrogens with zero attached hydrogens (tertiary/aromatic N) is 1. The van der Waals surface area contributed by atoms with E-state index in [4.69, 9.17) is 5.11 Å². The number of nitrogens with one attached hydrogen (secondary N) is 1. The highest BCUT2D eigenvalue weighted by atomic mass is 19.1. The van der Waals surface area contributed by atoms with E-state index in [1.54, 1.807) is 42.5 Å². The maximum atomic E-state index is 14.2. The van der Waals surface area contributed by atoms with Gasteiger partial charge in [-0.15, -0.1) is 0 Å². The van der Waals surface area contributed by atoms with Gasteiger partial charge < -0.3 is 14.8 Å². The predicted molar refractivity (Wildman–Crippen MR) is 154 cm³/mol. The molecule has 202 valence electrons. The lowest BCUT2D eigenvalue weighted by atomic mass is 9.99. The van der Waals surface area contributed by atoms with E-state index in [1.165, 1.54) is 30.3 Å². The van der Waals surface area contributed by atoms with Crippen molar-refractivity contribution in [3.05, 3.63) is 149 Å². The summed E-state index contributed by atoms with van der Waals surface area (Å²) in [5, 5.41) is 13.4. The number of carbonyl (C=O) groups excluding carboxylic acids is 1. The molecule has 0 fully saturated rings. The summed E-state index contributed by atoms with van der Waals surface area (Å²) >= 11 is 0. The Morgan fingerprint density at radius 2 is 1.59 bits per heavy atom. The van der Waals surface area contributed by atoms with Crippen LogP contribution in [0.1, 0.15) is 37.4 Å². The second-order valence-electron chi connectivity index (χ2n) is 9.91. The molecule has 1 amide bonds. The summed E-state index contributed by atoms with van der Waals surface area (Å²) in [6.45, 7) is 0.196. The summed E-state index contributed by atoms with van der Waals surface area (Å²) in [4.78, 5) is 24.8. The van der Waals surface area contributed by atoms with E-state index in [9.17, 15) is 18.4 Å². The molecule has 0 aliphatic heterocycles. The zero-order valence-corrected chi connectivity index (χ0v) is 21.8. The van der Waals surface area contributed by atoms with E-state index in [2.05, 4.69) is 5.32 Å². The molecule has 0 bridgehead atoms. The molecule has 5 nitrogen and oxygen atoms in total. The topological polar surface area (TPSA) is 70.8 Å². The number of pyridine rings is 1. The van der Waals surface area contributed by atoms with E-state index in [0.717, 1.165) is 22.1 Å². The summed E-state index contributed by atoms with van der Waals surface area (Å²) in [6, 6.07) is 26.8. The van der Waals surface area contributed by atoms with Gasteiger partial charge in [-0.3, -0.25) is 4.79 Å². The van der Waals surface area contributed by atoms with Gasteiger partial charge in [0.15, 0.2) is 0 Å². The van der Waals surface area contributed by atoms with Gasteiger partial charge in [0.25, 0.3) is 5.91 Å². The molecular formula is C34H24F2N2O3. The molecule has 41 heavy (non-hydrogen) atoms. The number of amides is 1. The molecule has 7 heteroatoms. The van der Waals surface area contributed by atoms with Gasteiger partial charge in [-0.2, -0.15) is 0 Å². The van der Waals surface area contributed by atoms with Crippen LogP contribution in [0.5, 0.6) is 0 Å². The summed E-state index contributed by atoms with van der Waals surface area (Å²) in [7, 11) is 0. The van der Waals surface area contributed by atoms with Gasteiger partial charge in [0, 0.05) is 24.3 Å². The van der Waals surface area contributed by atoms with Gasteiger partial charge in [0.05, 0.1) is 16.6 Å². The number of benzene rings is 4. The van der Waals surface area contributed by atoms with Crippen molar-refractivity contribution in [3.63, 3.8) is 0 Å². The Morgan fingerprint density at radius 3 is 2.37 bits per heavy atom. The average molecular weight is 547 g/mol. The molecule has 2 N–H and O–H groups in total. The van der Waals surface area contributed by atoms with Gasteiger partial charge in [-0.25, -0.2) is 13.6 Å². The van der Waals surface area contributed by atoms with Gasteiger partial charge in [0.2, 0.25) is 0 Å². The third kappa shape index (κ3) is 5.30. The number of hydrogen-bond acceptors (Lipinski definition) is 2. The number of halogens is 2. The maximum absolute atomic E-state index is 14.2. The van der Waals surface area contributed by atoms with Crippen LogP contribution in [0.3, 0.4) is 0 Å². The number of carbonyl (C=O) groups is 2. The Bertz CT molecular complexity index is 1940. The molecule has 0 radical (unpaired) electrons. The molecule has 0 saturated heterocycles. The van der Waals surface area contributed by atoms with Crippen molar-refractivity contribution in [1.82, 2.24) is 9.72 Å². The Hall–Kier alpha value is -5.30. The lowest BCUT2D eigenvalue weighted by molar-refractivity contribution is 0.0696. The quantitative estimate of drug-likeness (QED) is 0.221. The minimum absolute atomic E-state index is 0.166. The predicted octanol–water partition coefficient (Wildman–Crippen LogP) is 7.26. The van der Waals surface area contributed by atoms with Crippen LogP contribution in [0, 0.1) is 11.6 Å². The Balaban J connectivity index is 1.38. The van der Waals surface area contributed by atoms with Gasteiger partial charge in [-0.1, -0.05) is 54.6 Å². The van der Waals surface area contributed by atoms with Crippen molar-refractivity contribution in [2.24, 2.45) is 0 Å². The SMILES string of the molecule is O=C(O)c1ccc(CNC(=O)c2cc(-c3cccc(F)c3)cn3ccc(Cc4ccc5c(F)cccc5c4)c23)cc1. The molecule has 0 aliphatic carbocycles. The number of rotatable bonds is 7. The molecule has 0 unspecified atom stereocenters. The molecule has 4 aromatic carbocycles. The van der Waals surface area contributed by atoms with Crippen LogP contribution in [0.15, 0.2) is 109 Å². The largest absolute Gasteiger partial charge is 0.478 e. The lowest BCUT2D eigenvalue weighted by Gasteiger charge is -2.13. The average Bonchev–Trinajstić information content (AvgIpc) is 3.38. The summed E-state index contributed by atoms with van der Waals surface area (Å²) in [5.41, 5.74) is 5.23. The van der Waals surface area contributed by atoms with Crippen LogP contribution in [-0.2, 0) is 13.0 Å². The fourth-order valence-electron chi connectivity index (χ4n) is 5.13. The van der Waals surface area contributed by atoms with Crippen molar-refractivity contribution in [2.45, 2.75) is 13.0 Å². The standard InChI is InChI=1S/C34H24F2N2O3/c35-28-5-1-3-24(17-28)27-18-30(33(39)37-19-21-7-10-23(11-8-21)34(40)41)32-26(13-14-38(32)20-27)16-22-9-12-29-25(15-22)4-2-6-31(29)36/h1-15,17-18,20H,16,19H2,(H,37,39)(H,40,41). The molecule has 2 aromatic heterocycles. The second-order valence-corrected chi connectivity index (χ2v) is 9.91. The lowest BCUT2D eigenvalue weighted by Crippen LogP contribution is -2.23. The fraction of sp³-hybridized carbons (Fsp3) is 0.0588. The van der Waals surface area contributed by atoms with Crippen LogP contribution < -0.4 is 5.32 Å². The molecule has 0 atom stereocenters. The molecule has 0 aliphatic rings. The molecule has 0 spiro atoms. The highest BCUT2D eigenvalue weighted by molar-refractivity contribution is 6.03. The van der Waals surface area contributed by atoms with Crippen LogP contribution in [-0.4, -0.2) is 21.4 Å². The van der Waals surface area contributed by atoms with E-state index in [0.29, 0.717) is 34.0 Å². The highest BCUT2D eigenvalue weighted by Gasteiger charge is 2.18. The molecule has 6 aromatic rings. The number of aromatic nitrogens is 1. The molecule has 6 rings (SSSR count). The number of fused-ring (bicyclic) bond motifs is 2. The molecule has 0 saturated carbocycles. The molecular weight excluding hydrogens is 522 g/mol. The number of carboxylic acid groups (broad SMARTS) is 1. The second kappa shape index (κ2) is 10.7. The molecule has 2 heterocycles. The third-order valence-electron chi connectivity index (χ3n) is 7.17. The van der Waals surface area contributed by atoms with Crippen LogP contribution >= 0.6 is 0 Å². The van der Waals surface area contributed by atoms with E-state index in [-0.39, 0.29) is 29.6 Å². The monoisotopic (exact) mass is 546 g/mol. The minimum atomic E-state index is -1.02. The van der Waals surface area contributed by atoms with Crippen LogP contribution in [0.25, 0.3) is 27.4 Å². The van der Waals surface area contributed by atoms with Gasteiger partial charge >= 0.3 is 5.97 Å². The van der Waals surface area contributed by atoms with Crippen molar-refractivity contribution in [3.8, 4) is 11.1 Å². The van der Waals surface area contributed by atoms with E-state index < -0.39 is 5.97 Å². The van der Waals surface area contributed by atoms with Gasteiger partial charge in [-0.05, 0) is 82.1 Å². The normalized spacial score (nSPS) is 11.2. The van der Waals surface area contributed by atoms with E-state index >= 15 is 0 Å². The third-order valence-corrected chi connectivity index (χ3v) is 7.17. The number of carboxylic acids is 1. The minimum Gasteiger partial charge on any atom is -0.478 e. The van der Waals surface area contributed by atoms with Gasteiger partial charge in [0.1, 0.15) is 11.6 Å². The van der Waals surface area contributed by atoms with Crippen LogP contribution in [0.4, 0.5) is 8.78 Å². The Kier molecular flexibility index (Phi) is 6.77. The fourth-order valence-corrected chi connectivity index (χ4v) is 5.13. The van der Waals surface area contributed by atoms with Crippen molar-refractivity contribution in [2.75, 3.05) is 0 Å². The highest BCUT2D eigenvalue weighted by Crippen LogP contribution is 2.29. The zero-order chi connectivity index (χ0) is 28.5. The maximum Gasteiger partial charge on any atom is 0.335 e. The van der Waals surface area contributed by atoms with Crippen molar-refractivity contribution in [1.29, 1.82) is 0 Å². The first-order valence-corrected chi connectivity index (χ1v) is 13.0. The number of hydrogen-bond donors (Lipinski definition) is 2. The Morgan fingerprint density at radius 1 is 0.805 bits per heavy atom. The van der Waals surface area contributed by atoms with Crippen molar-refractivity contribution < 1.29 is 23.5 Å². The summed E-state index contributed by atoms with van der Waals surface area (Å²) in [5.74, 6) is -1.99. The number of aromatic carboxylic acids is 1. The first kappa shape index (κ1) is 26.0. The van der Waals surface area contributed by atoms with Crippen molar-refractivity contribution >= 4 is 28.2 Å². The smallest absolute Gasteiger partial charge is 0.335 e. The first-order chi connectivity index (χ1) is 19.9. The Labute approximate surface area is 234 Å².